The monoisotopic (exact) mass is 491 g/mol. The van der Waals surface area contributed by atoms with Crippen molar-refractivity contribution < 1.29 is 14.7 Å². The zero-order valence-corrected chi connectivity index (χ0v) is 24.9. The second kappa shape index (κ2) is 16.8. The summed E-state index contributed by atoms with van der Waals surface area (Å²) in [7, 11) is 0. The average molecular weight is 492 g/mol. The number of hydrogen-bond donors (Lipinski definition) is 2. The van der Waals surface area contributed by atoms with Crippen LogP contribution in [-0.2, 0) is 0 Å². The van der Waals surface area contributed by atoms with Gasteiger partial charge in [-0.05, 0) is 59.3 Å². The van der Waals surface area contributed by atoms with Crippen molar-refractivity contribution in [3.63, 3.8) is 0 Å². The van der Waals surface area contributed by atoms with Gasteiger partial charge in [-0.2, -0.15) is 0 Å². The smallest absolute Gasteiger partial charge is 0.335 e. The first kappa shape index (κ1) is 35.3. The zero-order valence-electron chi connectivity index (χ0n) is 24.9. The van der Waals surface area contributed by atoms with Gasteiger partial charge in [0.2, 0.25) is 5.91 Å². The van der Waals surface area contributed by atoms with Crippen LogP contribution in [0.2, 0.25) is 0 Å². The molecule has 2 rings (SSSR count). The Labute approximate surface area is 217 Å². The first-order valence-electron chi connectivity index (χ1n) is 13.4. The Morgan fingerprint density at radius 1 is 0.800 bits per heavy atom. The fourth-order valence-electron chi connectivity index (χ4n) is 2.79. The van der Waals surface area contributed by atoms with Crippen LogP contribution in [0, 0.1) is 22.2 Å². The summed E-state index contributed by atoms with van der Waals surface area (Å²) >= 11 is 0. The van der Waals surface area contributed by atoms with Crippen molar-refractivity contribution in [3.8, 4) is 0 Å². The minimum atomic E-state index is -1.02. The number of aromatic carboxylic acids is 1. The number of carbonyl (C=O) groups excluding carboxylic acids is 1. The molecule has 3 N–H and O–H groups in total. The molecule has 0 aromatic heterocycles. The molecular formula is C31H57NO3. The lowest BCUT2D eigenvalue weighted by molar-refractivity contribution is 0.0696. The molecule has 0 spiro atoms. The first-order chi connectivity index (χ1) is 15.8. The van der Waals surface area contributed by atoms with Gasteiger partial charge in [-0.25, -0.2) is 4.79 Å². The van der Waals surface area contributed by atoms with E-state index < -0.39 is 11.9 Å². The van der Waals surface area contributed by atoms with E-state index in [0.29, 0.717) is 21.8 Å². The Balaban J connectivity index is 0. The van der Waals surface area contributed by atoms with Crippen LogP contribution in [0.1, 0.15) is 148 Å². The van der Waals surface area contributed by atoms with Crippen molar-refractivity contribution in [1.29, 1.82) is 0 Å². The van der Waals surface area contributed by atoms with Crippen LogP contribution in [0.4, 0.5) is 0 Å². The van der Waals surface area contributed by atoms with Crippen molar-refractivity contribution in [2.75, 3.05) is 0 Å². The molecular weight excluding hydrogens is 434 g/mol. The molecule has 1 saturated carbocycles. The second-order valence-corrected chi connectivity index (χ2v) is 13.3. The van der Waals surface area contributed by atoms with E-state index in [9.17, 15) is 9.59 Å². The largest absolute Gasteiger partial charge is 0.478 e. The molecule has 1 atom stereocenters. The van der Waals surface area contributed by atoms with Crippen molar-refractivity contribution in [1.82, 2.24) is 0 Å². The molecule has 4 nitrogen and oxygen atoms in total. The van der Waals surface area contributed by atoms with E-state index in [-0.39, 0.29) is 5.56 Å². The van der Waals surface area contributed by atoms with Crippen molar-refractivity contribution in [3.05, 3.63) is 35.4 Å². The molecule has 1 unspecified atom stereocenters. The molecule has 4 heteroatoms. The zero-order chi connectivity index (χ0) is 27.9. The maximum atomic E-state index is 10.6. The number of primary amides is 1. The number of amides is 1. The highest BCUT2D eigenvalue weighted by molar-refractivity contribution is 5.94. The fourth-order valence-corrected chi connectivity index (χ4v) is 2.79. The van der Waals surface area contributed by atoms with Crippen LogP contribution in [0.3, 0.4) is 0 Å². The summed E-state index contributed by atoms with van der Waals surface area (Å²) in [5.41, 5.74) is 6.94. The highest BCUT2D eigenvalue weighted by Crippen LogP contribution is 2.28. The molecule has 1 aliphatic rings. The summed E-state index contributed by atoms with van der Waals surface area (Å²) in [6.07, 6.45) is 11.4. The Morgan fingerprint density at radius 3 is 1.31 bits per heavy atom. The maximum absolute atomic E-state index is 10.6. The van der Waals surface area contributed by atoms with Gasteiger partial charge in [0, 0.05) is 5.56 Å². The average Bonchev–Trinajstić information content (AvgIpc) is 2.64. The molecule has 0 aliphatic heterocycles. The molecule has 1 aliphatic carbocycles. The van der Waals surface area contributed by atoms with Crippen molar-refractivity contribution in [2.24, 2.45) is 27.9 Å². The lowest BCUT2D eigenvalue weighted by Crippen LogP contribution is -2.15. The number of carboxylic acid groups (broad SMARTS) is 1. The van der Waals surface area contributed by atoms with E-state index in [0.717, 1.165) is 5.92 Å². The molecule has 1 aromatic rings. The van der Waals surface area contributed by atoms with Crippen LogP contribution in [0.25, 0.3) is 0 Å². The van der Waals surface area contributed by atoms with Crippen LogP contribution in [0.15, 0.2) is 24.3 Å². The first-order valence-corrected chi connectivity index (χ1v) is 13.4. The van der Waals surface area contributed by atoms with Gasteiger partial charge in [0.25, 0.3) is 0 Å². The Kier molecular flexibility index (Phi) is 16.9. The number of benzene rings is 1. The summed E-state index contributed by atoms with van der Waals surface area (Å²) in [6.45, 7) is 25.3. The van der Waals surface area contributed by atoms with E-state index in [4.69, 9.17) is 10.8 Å². The normalized spacial score (nSPS) is 13.9. The maximum Gasteiger partial charge on any atom is 0.335 e. The Bertz CT molecular complexity index is 646. The molecule has 1 amide bonds. The summed E-state index contributed by atoms with van der Waals surface area (Å²) in [4.78, 5) is 20.9. The quantitative estimate of drug-likeness (QED) is 0.430. The predicted octanol–water partition coefficient (Wildman–Crippen LogP) is 9.37. The van der Waals surface area contributed by atoms with Crippen LogP contribution < -0.4 is 5.73 Å². The van der Waals surface area contributed by atoms with Gasteiger partial charge < -0.3 is 10.8 Å². The standard InChI is InChI=1S/C11H24.C8H7NO3.C8H18.C4H8/c1-10(2,3)8-7-9-11(4,5)6;9-7(10)5-1-3-6(4-2-5)8(11)12;1-6-7(2)8(3,4)5;1-2-4-3-1/h7-9H2,1-6H3;1-4H,(H2,9,10)(H,11,12);7H,6H2,1-5H3;1-4H2. The van der Waals surface area contributed by atoms with Gasteiger partial charge in [0.1, 0.15) is 0 Å². The van der Waals surface area contributed by atoms with E-state index in [2.05, 4.69) is 76.2 Å². The molecule has 35 heavy (non-hydrogen) atoms. The predicted molar refractivity (Wildman–Crippen MR) is 152 cm³/mol. The Hall–Kier alpha value is -1.84. The molecule has 204 valence electrons. The molecule has 0 heterocycles. The minimum Gasteiger partial charge on any atom is -0.478 e. The fraction of sp³-hybridized carbons (Fsp3) is 0.742. The van der Waals surface area contributed by atoms with Gasteiger partial charge in [-0.3, -0.25) is 4.79 Å². The minimum absolute atomic E-state index is 0.139. The van der Waals surface area contributed by atoms with Gasteiger partial charge in [0.05, 0.1) is 5.56 Å². The van der Waals surface area contributed by atoms with Crippen LogP contribution >= 0.6 is 0 Å². The number of hydrogen-bond acceptors (Lipinski definition) is 2. The molecule has 0 saturated heterocycles. The number of nitrogens with two attached hydrogens (primary N) is 1. The third kappa shape index (κ3) is 22.4. The van der Waals surface area contributed by atoms with Gasteiger partial charge in [-0.1, -0.05) is 115 Å². The third-order valence-corrected chi connectivity index (χ3v) is 6.36. The van der Waals surface area contributed by atoms with Crippen LogP contribution in [0.5, 0.6) is 0 Å². The topological polar surface area (TPSA) is 80.4 Å². The van der Waals surface area contributed by atoms with Crippen molar-refractivity contribution in [2.45, 2.75) is 128 Å². The Morgan fingerprint density at radius 2 is 1.14 bits per heavy atom. The molecule has 0 bridgehead atoms. The summed E-state index contributed by atoms with van der Waals surface area (Å²) in [5.74, 6) is -0.736. The van der Waals surface area contributed by atoms with Crippen LogP contribution in [-0.4, -0.2) is 17.0 Å². The summed E-state index contributed by atoms with van der Waals surface area (Å²) in [6, 6.07) is 5.43. The number of rotatable bonds is 5. The molecule has 1 aromatic carbocycles. The van der Waals surface area contributed by atoms with Crippen molar-refractivity contribution >= 4 is 11.9 Å². The number of carbonyl (C=O) groups is 2. The van der Waals surface area contributed by atoms with Gasteiger partial charge in [0.15, 0.2) is 0 Å². The third-order valence-electron chi connectivity index (χ3n) is 6.36. The second-order valence-electron chi connectivity index (χ2n) is 13.3. The summed E-state index contributed by atoms with van der Waals surface area (Å²) in [5, 5.41) is 8.50. The lowest BCUT2D eigenvalue weighted by atomic mass is 9.81. The highest BCUT2D eigenvalue weighted by Gasteiger charge is 2.17. The highest BCUT2D eigenvalue weighted by atomic mass is 16.4. The molecule has 0 radical (unpaired) electrons. The number of carboxylic acids is 1. The van der Waals surface area contributed by atoms with Gasteiger partial charge in [-0.15, -0.1) is 0 Å². The summed E-state index contributed by atoms with van der Waals surface area (Å²) < 4.78 is 0. The lowest BCUT2D eigenvalue weighted by Gasteiger charge is -2.25. The van der Waals surface area contributed by atoms with E-state index in [1.54, 1.807) is 0 Å². The van der Waals surface area contributed by atoms with E-state index >= 15 is 0 Å². The SMILES string of the molecule is C1CCC1.CC(C)(C)CCCC(C)(C)C.CCC(C)C(C)(C)C.NC(=O)c1ccc(C(=O)O)cc1. The molecule has 1 fully saturated rings. The van der Waals surface area contributed by atoms with E-state index in [1.807, 2.05) is 0 Å². The van der Waals surface area contributed by atoms with Gasteiger partial charge >= 0.3 is 5.97 Å². The van der Waals surface area contributed by atoms with E-state index in [1.165, 1.54) is 75.6 Å².